The van der Waals surface area contributed by atoms with Crippen LogP contribution in [0.15, 0.2) is 33.7 Å². The Balaban J connectivity index is 3.30. The van der Waals surface area contributed by atoms with Crippen LogP contribution in [0.5, 0.6) is 0 Å². The molecule has 1 unspecified atom stereocenters. The zero-order valence-electron chi connectivity index (χ0n) is 10.7. The van der Waals surface area contributed by atoms with E-state index in [0.29, 0.717) is 11.8 Å². The Kier molecular flexibility index (Phi) is 4.71. The fraction of sp³-hybridized carbons (Fsp3) is 0.462. The molecule has 0 heterocycles. The molecule has 0 aromatic heterocycles. The second-order valence-corrected chi connectivity index (χ2v) is 5.46. The van der Waals surface area contributed by atoms with E-state index in [1.165, 1.54) is 0 Å². The minimum atomic E-state index is -0.329. The van der Waals surface area contributed by atoms with E-state index in [2.05, 4.69) is 47.2 Å². The smallest absolute Gasteiger partial charge is 0.130 e. The molecule has 0 aliphatic carbocycles. The summed E-state index contributed by atoms with van der Waals surface area (Å²) in [5.41, 5.74) is 3.02. The third kappa shape index (κ3) is 2.69. The summed E-state index contributed by atoms with van der Waals surface area (Å²) < 4.78 is 1.04. The number of rotatable bonds is 3. The van der Waals surface area contributed by atoms with Gasteiger partial charge in [-0.1, -0.05) is 41.9 Å². The Labute approximate surface area is 111 Å². The number of hydrogen-bond acceptors (Lipinski definition) is 2. The first-order valence-electron chi connectivity index (χ1n) is 5.60. The number of amidine groups is 1. The highest BCUT2D eigenvalue weighted by molar-refractivity contribution is 9.10. The number of benzene rings is 1. The minimum absolute atomic E-state index is 0.307. The molecule has 1 aromatic rings. The zero-order chi connectivity index (χ0) is 13.1. The highest BCUT2D eigenvalue weighted by Crippen LogP contribution is 2.33. The molecule has 0 saturated heterocycles. The summed E-state index contributed by atoms with van der Waals surface area (Å²) in [5, 5.41) is 9.24. The van der Waals surface area contributed by atoms with E-state index in [-0.39, 0.29) is 5.41 Å². The molecular formula is C13H19BrN2O. The van der Waals surface area contributed by atoms with E-state index in [4.69, 9.17) is 0 Å². The molecule has 0 radical (unpaired) electrons. The highest BCUT2D eigenvalue weighted by atomic mass is 79.9. The van der Waals surface area contributed by atoms with Crippen molar-refractivity contribution in [3.05, 3.63) is 34.3 Å². The number of hydrogen-bond donors (Lipinski definition) is 2. The average Bonchev–Trinajstić information content (AvgIpc) is 2.30. The first kappa shape index (κ1) is 14.2. The van der Waals surface area contributed by atoms with E-state index in [1.807, 2.05) is 24.3 Å². The summed E-state index contributed by atoms with van der Waals surface area (Å²) in [6.45, 7) is 6.31. The maximum Gasteiger partial charge on any atom is 0.130 e. The third-order valence-corrected chi connectivity index (χ3v) is 3.95. The molecule has 2 N–H and O–H groups in total. The van der Waals surface area contributed by atoms with Crippen LogP contribution in [0.2, 0.25) is 0 Å². The van der Waals surface area contributed by atoms with Gasteiger partial charge in [-0.25, -0.2) is 0 Å². The van der Waals surface area contributed by atoms with Gasteiger partial charge in [0.25, 0.3) is 0 Å². The summed E-state index contributed by atoms with van der Waals surface area (Å²) in [6.07, 6.45) is 0. The number of hydroxylamine groups is 1. The first-order chi connectivity index (χ1) is 7.96. The van der Waals surface area contributed by atoms with Crippen LogP contribution >= 0.6 is 15.9 Å². The second-order valence-electron chi connectivity index (χ2n) is 4.55. The van der Waals surface area contributed by atoms with Crippen LogP contribution in [0.1, 0.15) is 26.3 Å². The maximum atomic E-state index is 9.24. The third-order valence-electron chi connectivity index (χ3n) is 3.42. The van der Waals surface area contributed by atoms with Gasteiger partial charge in [-0.05, 0) is 30.5 Å². The van der Waals surface area contributed by atoms with Gasteiger partial charge in [0.05, 0.1) is 5.41 Å². The minimum Gasteiger partial charge on any atom is -0.290 e. The molecular weight excluding hydrogens is 280 g/mol. The molecule has 0 amide bonds. The van der Waals surface area contributed by atoms with Crippen molar-refractivity contribution in [3.8, 4) is 0 Å². The van der Waals surface area contributed by atoms with Crippen LogP contribution in [0.3, 0.4) is 0 Å². The molecule has 1 aromatic carbocycles. The van der Waals surface area contributed by atoms with Gasteiger partial charge < -0.3 is 0 Å². The number of aliphatic imine (C=N–C) groups is 1. The summed E-state index contributed by atoms with van der Waals surface area (Å²) >= 11 is 3.43. The van der Waals surface area contributed by atoms with Crippen LogP contribution in [0.25, 0.3) is 0 Å². The van der Waals surface area contributed by atoms with E-state index >= 15 is 0 Å². The standard InChI is InChI=1S/C13H19BrN2O/c1-9(2)13(3,12(15-4)16-17)10-5-7-11(14)8-6-10/h5-9,17H,1-4H3,(H,15,16). The second kappa shape index (κ2) is 5.65. The highest BCUT2D eigenvalue weighted by Gasteiger charge is 2.36. The van der Waals surface area contributed by atoms with Crippen LogP contribution < -0.4 is 5.48 Å². The molecule has 0 saturated carbocycles. The van der Waals surface area contributed by atoms with Crippen molar-refractivity contribution in [1.82, 2.24) is 5.48 Å². The molecule has 0 aliphatic heterocycles. The van der Waals surface area contributed by atoms with E-state index < -0.39 is 0 Å². The first-order valence-corrected chi connectivity index (χ1v) is 6.39. The van der Waals surface area contributed by atoms with Crippen molar-refractivity contribution in [2.45, 2.75) is 26.2 Å². The Hall–Kier alpha value is -0.870. The van der Waals surface area contributed by atoms with Gasteiger partial charge >= 0.3 is 0 Å². The Bertz CT molecular complexity index is 400. The van der Waals surface area contributed by atoms with Crippen molar-refractivity contribution >= 4 is 21.8 Å². The van der Waals surface area contributed by atoms with Crippen LogP contribution in [-0.2, 0) is 5.41 Å². The molecule has 94 valence electrons. The predicted octanol–water partition coefficient (Wildman–Crippen LogP) is 3.37. The molecule has 17 heavy (non-hydrogen) atoms. The van der Waals surface area contributed by atoms with Gasteiger partial charge in [0.15, 0.2) is 0 Å². The van der Waals surface area contributed by atoms with Gasteiger partial charge in [0, 0.05) is 11.5 Å². The van der Waals surface area contributed by atoms with E-state index in [1.54, 1.807) is 7.05 Å². The van der Waals surface area contributed by atoms with E-state index in [0.717, 1.165) is 10.0 Å². The average molecular weight is 299 g/mol. The van der Waals surface area contributed by atoms with Crippen molar-refractivity contribution < 1.29 is 5.21 Å². The van der Waals surface area contributed by atoms with E-state index in [9.17, 15) is 5.21 Å². The van der Waals surface area contributed by atoms with Crippen molar-refractivity contribution in [3.63, 3.8) is 0 Å². The fourth-order valence-corrected chi connectivity index (χ4v) is 2.20. The normalized spacial score (nSPS) is 15.8. The molecule has 4 heteroatoms. The summed E-state index contributed by atoms with van der Waals surface area (Å²) in [5.74, 6) is 0.886. The lowest BCUT2D eigenvalue weighted by Crippen LogP contribution is -2.45. The Morgan fingerprint density at radius 3 is 2.24 bits per heavy atom. The maximum absolute atomic E-state index is 9.24. The number of nitrogens with one attached hydrogen (secondary N) is 1. The molecule has 0 spiro atoms. The lowest BCUT2D eigenvalue weighted by atomic mass is 9.72. The topological polar surface area (TPSA) is 44.6 Å². The Morgan fingerprint density at radius 2 is 1.88 bits per heavy atom. The number of nitrogens with zero attached hydrogens (tertiary/aromatic N) is 1. The van der Waals surface area contributed by atoms with Crippen LogP contribution in [-0.4, -0.2) is 18.1 Å². The lowest BCUT2D eigenvalue weighted by Gasteiger charge is -2.34. The molecule has 1 rings (SSSR count). The van der Waals surface area contributed by atoms with Gasteiger partial charge in [-0.2, -0.15) is 0 Å². The molecule has 0 fully saturated rings. The van der Waals surface area contributed by atoms with Gasteiger partial charge in [-0.3, -0.25) is 15.7 Å². The van der Waals surface area contributed by atoms with Gasteiger partial charge in [0.1, 0.15) is 5.84 Å². The fourth-order valence-electron chi connectivity index (χ4n) is 1.94. The summed E-state index contributed by atoms with van der Waals surface area (Å²) in [7, 11) is 1.68. The SMILES string of the molecule is CN=C(NO)C(C)(c1ccc(Br)cc1)C(C)C. The summed E-state index contributed by atoms with van der Waals surface area (Å²) in [6, 6.07) is 8.10. The van der Waals surface area contributed by atoms with Gasteiger partial charge in [-0.15, -0.1) is 0 Å². The van der Waals surface area contributed by atoms with Crippen molar-refractivity contribution in [2.75, 3.05) is 7.05 Å². The van der Waals surface area contributed by atoms with Crippen molar-refractivity contribution in [1.29, 1.82) is 0 Å². The van der Waals surface area contributed by atoms with Crippen LogP contribution in [0, 0.1) is 5.92 Å². The van der Waals surface area contributed by atoms with Gasteiger partial charge in [0.2, 0.25) is 0 Å². The number of halogens is 1. The van der Waals surface area contributed by atoms with Crippen molar-refractivity contribution in [2.24, 2.45) is 10.9 Å². The molecule has 3 nitrogen and oxygen atoms in total. The quantitative estimate of drug-likeness (QED) is 0.510. The largest absolute Gasteiger partial charge is 0.290 e. The zero-order valence-corrected chi connectivity index (χ0v) is 12.2. The monoisotopic (exact) mass is 298 g/mol. The molecule has 1 atom stereocenters. The molecule has 0 aliphatic rings. The lowest BCUT2D eigenvalue weighted by molar-refractivity contribution is 0.218. The molecule has 0 bridgehead atoms. The predicted molar refractivity (Wildman–Crippen MR) is 74.6 cm³/mol. The summed E-state index contributed by atoms with van der Waals surface area (Å²) in [4.78, 5) is 4.14. The Morgan fingerprint density at radius 1 is 1.35 bits per heavy atom. The van der Waals surface area contributed by atoms with Crippen LogP contribution in [0.4, 0.5) is 0 Å².